The predicted molar refractivity (Wildman–Crippen MR) is 86.1 cm³/mol. The molecule has 0 aliphatic heterocycles. The first kappa shape index (κ1) is 15.0. The number of hydrogen-bond donors (Lipinski definition) is 0. The quantitative estimate of drug-likeness (QED) is 0.767. The Bertz CT molecular complexity index is 630. The fourth-order valence-corrected chi connectivity index (χ4v) is 2.21. The molecule has 0 aromatic heterocycles. The van der Waals surface area contributed by atoms with E-state index in [-0.39, 0.29) is 0 Å². The summed E-state index contributed by atoms with van der Waals surface area (Å²) < 4.78 is 16.1. The molecule has 0 aliphatic carbocycles. The summed E-state index contributed by atoms with van der Waals surface area (Å²) in [6.45, 7) is 2.05. The van der Waals surface area contributed by atoms with Crippen LogP contribution in [0.25, 0.3) is 11.6 Å². The topological polar surface area (TPSA) is 27.7 Å². The van der Waals surface area contributed by atoms with Crippen molar-refractivity contribution in [2.75, 3.05) is 21.3 Å². The van der Waals surface area contributed by atoms with E-state index in [2.05, 4.69) is 25.1 Å². The van der Waals surface area contributed by atoms with Gasteiger partial charge in [-0.05, 0) is 24.1 Å². The molecule has 3 nitrogen and oxygen atoms in total. The Morgan fingerprint density at radius 3 is 1.95 bits per heavy atom. The lowest BCUT2D eigenvalue weighted by Gasteiger charge is -2.14. The lowest BCUT2D eigenvalue weighted by Crippen LogP contribution is -1.96. The third kappa shape index (κ3) is 3.37. The number of benzene rings is 2. The molecule has 110 valence electrons. The van der Waals surface area contributed by atoms with Crippen molar-refractivity contribution in [3.63, 3.8) is 0 Å². The zero-order chi connectivity index (χ0) is 15.2. The van der Waals surface area contributed by atoms with Crippen LogP contribution in [0.1, 0.15) is 18.1 Å². The second-order valence-electron chi connectivity index (χ2n) is 4.65. The molecule has 0 N–H and O–H groups in total. The molecule has 2 aromatic carbocycles. The van der Waals surface area contributed by atoms with E-state index in [9.17, 15) is 0 Å². The molecule has 0 aliphatic rings. The minimum Gasteiger partial charge on any atom is -0.496 e. The normalized spacial score (nSPS) is 11.1. The third-order valence-electron chi connectivity index (χ3n) is 3.31. The zero-order valence-electron chi connectivity index (χ0n) is 12.8. The van der Waals surface area contributed by atoms with Gasteiger partial charge in [-0.2, -0.15) is 0 Å². The van der Waals surface area contributed by atoms with Gasteiger partial charge in [0.1, 0.15) is 5.75 Å². The van der Waals surface area contributed by atoms with Crippen LogP contribution in [0.5, 0.6) is 17.2 Å². The highest BCUT2D eigenvalue weighted by atomic mass is 16.5. The first-order valence-electron chi connectivity index (χ1n) is 6.73. The van der Waals surface area contributed by atoms with Gasteiger partial charge in [-0.25, -0.2) is 0 Å². The van der Waals surface area contributed by atoms with Crippen LogP contribution >= 0.6 is 0 Å². The molecule has 0 saturated heterocycles. The molecule has 0 amide bonds. The highest BCUT2D eigenvalue weighted by Crippen LogP contribution is 2.38. The molecule has 21 heavy (non-hydrogen) atoms. The molecule has 2 rings (SSSR count). The van der Waals surface area contributed by atoms with Gasteiger partial charge in [0.15, 0.2) is 11.5 Å². The van der Waals surface area contributed by atoms with Gasteiger partial charge in [0.2, 0.25) is 0 Å². The summed E-state index contributed by atoms with van der Waals surface area (Å²) in [4.78, 5) is 0. The Morgan fingerprint density at radius 1 is 0.810 bits per heavy atom. The van der Waals surface area contributed by atoms with Crippen LogP contribution in [0.2, 0.25) is 0 Å². The molecule has 0 radical (unpaired) electrons. The van der Waals surface area contributed by atoms with E-state index >= 15 is 0 Å². The minimum absolute atomic E-state index is 0.658. The molecule has 0 fully saturated rings. The van der Waals surface area contributed by atoms with Crippen molar-refractivity contribution >= 4 is 11.6 Å². The van der Waals surface area contributed by atoms with E-state index in [1.54, 1.807) is 21.3 Å². The summed E-state index contributed by atoms with van der Waals surface area (Å²) in [6, 6.07) is 14.0. The van der Waals surface area contributed by atoms with Gasteiger partial charge in [0.05, 0.1) is 21.3 Å². The molecule has 0 heterocycles. The van der Waals surface area contributed by atoms with Crippen LogP contribution in [-0.2, 0) is 0 Å². The number of allylic oxidation sites excluding steroid dienone is 1. The standard InChI is InChI=1S/C18H20O3/c1-13(10-14-8-6-5-7-9-14)15-11-17(20-3)18(21-4)12-16(15)19-2/h5-12H,1-4H3. The molecule has 0 spiro atoms. The van der Waals surface area contributed by atoms with Crippen molar-refractivity contribution in [2.24, 2.45) is 0 Å². The van der Waals surface area contributed by atoms with Gasteiger partial charge < -0.3 is 14.2 Å². The minimum atomic E-state index is 0.658. The van der Waals surface area contributed by atoms with Crippen LogP contribution in [0.4, 0.5) is 0 Å². The molecular formula is C18H20O3. The van der Waals surface area contributed by atoms with Gasteiger partial charge >= 0.3 is 0 Å². The fourth-order valence-electron chi connectivity index (χ4n) is 2.21. The molecule has 3 heteroatoms. The first-order chi connectivity index (χ1) is 10.2. The number of ether oxygens (including phenoxy) is 3. The Hall–Kier alpha value is -2.42. The molecule has 2 aromatic rings. The summed E-state index contributed by atoms with van der Waals surface area (Å²) in [5.41, 5.74) is 3.23. The summed E-state index contributed by atoms with van der Waals surface area (Å²) in [7, 11) is 4.90. The van der Waals surface area contributed by atoms with Crippen LogP contribution in [-0.4, -0.2) is 21.3 Å². The highest BCUT2D eigenvalue weighted by Gasteiger charge is 2.12. The van der Waals surface area contributed by atoms with E-state index in [0.717, 1.165) is 22.4 Å². The Morgan fingerprint density at radius 2 is 1.38 bits per heavy atom. The maximum Gasteiger partial charge on any atom is 0.164 e. The van der Waals surface area contributed by atoms with Crippen molar-refractivity contribution in [1.29, 1.82) is 0 Å². The van der Waals surface area contributed by atoms with Crippen LogP contribution in [0.3, 0.4) is 0 Å². The number of rotatable bonds is 5. The summed E-state index contributed by atoms with van der Waals surface area (Å²) in [6.07, 6.45) is 2.11. The molecule has 0 atom stereocenters. The van der Waals surface area contributed by atoms with Crippen LogP contribution < -0.4 is 14.2 Å². The largest absolute Gasteiger partial charge is 0.496 e. The van der Waals surface area contributed by atoms with Crippen molar-refractivity contribution in [2.45, 2.75) is 6.92 Å². The average Bonchev–Trinajstić information content (AvgIpc) is 2.54. The lowest BCUT2D eigenvalue weighted by molar-refractivity contribution is 0.348. The maximum atomic E-state index is 5.47. The molecule has 0 saturated carbocycles. The summed E-state index contributed by atoms with van der Waals surface area (Å²) >= 11 is 0. The van der Waals surface area contributed by atoms with Gasteiger partial charge in [0, 0.05) is 11.6 Å². The van der Waals surface area contributed by atoms with Gasteiger partial charge in [-0.1, -0.05) is 36.4 Å². The highest BCUT2D eigenvalue weighted by molar-refractivity contribution is 5.84. The summed E-state index contributed by atoms with van der Waals surface area (Å²) in [5.74, 6) is 2.11. The number of hydrogen-bond acceptors (Lipinski definition) is 3. The first-order valence-corrected chi connectivity index (χ1v) is 6.73. The third-order valence-corrected chi connectivity index (χ3v) is 3.31. The van der Waals surface area contributed by atoms with Crippen molar-refractivity contribution in [1.82, 2.24) is 0 Å². The van der Waals surface area contributed by atoms with Gasteiger partial charge in [-0.3, -0.25) is 0 Å². The molecule has 0 unspecified atom stereocenters. The average molecular weight is 284 g/mol. The van der Waals surface area contributed by atoms with Crippen molar-refractivity contribution in [3.8, 4) is 17.2 Å². The van der Waals surface area contributed by atoms with E-state index < -0.39 is 0 Å². The molecular weight excluding hydrogens is 264 g/mol. The second-order valence-corrected chi connectivity index (χ2v) is 4.65. The SMILES string of the molecule is COc1cc(OC)c(C(C)=Cc2ccccc2)cc1OC. The van der Waals surface area contributed by atoms with E-state index in [1.807, 2.05) is 30.3 Å². The van der Waals surface area contributed by atoms with Crippen molar-refractivity contribution < 1.29 is 14.2 Å². The fraction of sp³-hybridized carbons (Fsp3) is 0.222. The van der Waals surface area contributed by atoms with Gasteiger partial charge in [-0.15, -0.1) is 0 Å². The van der Waals surface area contributed by atoms with Crippen molar-refractivity contribution in [3.05, 3.63) is 53.6 Å². The van der Waals surface area contributed by atoms with E-state index in [1.165, 1.54) is 0 Å². The van der Waals surface area contributed by atoms with E-state index in [4.69, 9.17) is 14.2 Å². The van der Waals surface area contributed by atoms with Crippen LogP contribution in [0, 0.1) is 0 Å². The zero-order valence-corrected chi connectivity index (χ0v) is 12.8. The summed E-state index contributed by atoms with van der Waals surface area (Å²) in [5, 5.41) is 0. The number of methoxy groups -OCH3 is 3. The smallest absolute Gasteiger partial charge is 0.164 e. The van der Waals surface area contributed by atoms with E-state index in [0.29, 0.717) is 11.5 Å². The predicted octanol–water partition coefficient (Wildman–Crippen LogP) is 4.27. The molecule has 0 bridgehead atoms. The Balaban J connectivity index is 2.49. The second kappa shape index (κ2) is 6.84. The lowest BCUT2D eigenvalue weighted by atomic mass is 10.0. The Labute approximate surface area is 125 Å². The van der Waals surface area contributed by atoms with Gasteiger partial charge in [0.25, 0.3) is 0 Å². The Kier molecular flexibility index (Phi) is 4.88. The maximum absolute atomic E-state index is 5.47. The monoisotopic (exact) mass is 284 g/mol. The van der Waals surface area contributed by atoms with Crippen LogP contribution in [0.15, 0.2) is 42.5 Å².